The summed E-state index contributed by atoms with van der Waals surface area (Å²) in [5.41, 5.74) is 1.07. The Bertz CT molecular complexity index is 558. The SMILES string of the molecule is COc1ccc(Br)c(CNCCCn2ccnc2)c1OC. The van der Waals surface area contributed by atoms with Crippen LogP contribution in [0.25, 0.3) is 0 Å². The molecule has 0 saturated carbocycles. The molecule has 1 N–H and O–H groups in total. The van der Waals surface area contributed by atoms with Gasteiger partial charge in [-0.2, -0.15) is 0 Å². The minimum absolute atomic E-state index is 0.727. The van der Waals surface area contributed by atoms with Crippen molar-refractivity contribution in [3.63, 3.8) is 0 Å². The van der Waals surface area contributed by atoms with Gasteiger partial charge in [0.1, 0.15) is 0 Å². The van der Waals surface area contributed by atoms with Crippen molar-refractivity contribution >= 4 is 15.9 Å². The summed E-state index contributed by atoms with van der Waals surface area (Å²) in [5.74, 6) is 1.52. The summed E-state index contributed by atoms with van der Waals surface area (Å²) < 4.78 is 13.9. The fraction of sp³-hybridized carbons (Fsp3) is 0.400. The summed E-state index contributed by atoms with van der Waals surface area (Å²) in [4.78, 5) is 4.03. The largest absolute Gasteiger partial charge is 0.493 e. The Balaban J connectivity index is 1.87. The molecule has 0 aliphatic rings. The number of nitrogens with zero attached hydrogens (tertiary/aromatic N) is 2. The Labute approximate surface area is 133 Å². The van der Waals surface area contributed by atoms with Crippen molar-refractivity contribution in [3.05, 3.63) is 40.9 Å². The van der Waals surface area contributed by atoms with E-state index in [4.69, 9.17) is 9.47 Å². The van der Waals surface area contributed by atoms with Gasteiger partial charge in [0.25, 0.3) is 0 Å². The predicted molar refractivity (Wildman–Crippen MR) is 85.8 cm³/mol. The average Bonchev–Trinajstić information content (AvgIpc) is 3.01. The average molecular weight is 354 g/mol. The van der Waals surface area contributed by atoms with Gasteiger partial charge < -0.3 is 19.4 Å². The maximum atomic E-state index is 5.46. The Morgan fingerprint density at radius 1 is 1.29 bits per heavy atom. The number of rotatable bonds is 8. The molecular formula is C15H20BrN3O2. The summed E-state index contributed by atoms with van der Waals surface area (Å²) in [7, 11) is 3.31. The van der Waals surface area contributed by atoms with Gasteiger partial charge in [-0.15, -0.1) is 0 Å². The number of imidazole rings is 1. The topological polar surface area (TPSA) is 48.3 Å². The van der Waals surface area contributed by atoms with Crippen LogP contribution in [0.15, 0.2) is 35.3 Å². The van der Waals surface area contributed by atoms with Gasteiger partial charge in [-0.25, -0.2) is 4.98 Å². The molecule has 0 atom stereocenters. The Morgan fingerprint density at radius 3 is 2.81 bits per heavy atom. The number of aromatic nitrogens is 2. The molecular weight excluding hydrogens is 334 g/mol. The van der Waals surface area contributed by atoms with Gasteiger partial charge in [-0.05, 0) is 25.1 Å². The number of nitrogens with one attached hydrogen (secondary N) is 1. The van der Waals surface area contributed by atoms with E-state index in [0.29, 0.717) is 0 Å². The highest BCUT2D eigenvalue weighted by Crippen LogP contribution is 2.35. The number of hydrogen-bond acceptors (Lipinski definition) is 4. The van der Waals surface area contributed by atoms with Crippen LogP contribution < -0.4 is 14.8 Å². The zero-order valence-corrected chi connectivity index (χ0v) is 13.9. The van der Waals surface area contributed by atoms with E-state index in [9.17, 15) is 0 Å². The van der Waals surface area contributed by atoms with E-state index < -0.39 is 0 Å². The number of methoxy groups -OCH3 is 2. The summed E-state index contributed by atoms with van der Waals surface area (Å²) in [6, 6.07) is 3.87. The molecule has 5 nitrogen and oxygen atoms in total. The van der Waals surface area contributed by atoms with E-state index in [0.717, 1.165) is 47.6 Å². The second-order valence-electron chi connectivity index (χ2n) is 4.59. The molecule has 114 valence electrons. The van der Waals surface area contributed by atoms with Crippen molar-refractivity contribution in [2.45, 2.75) is 19.5 Å². The molecule has 1 aromatic carbocycles. The van der Waals surface area contributed by atoms with Crippen molar-refractivity contribution in [2.75, 3.05) is 20.8 Å². The smallest absolute Gasteiger partial charge is 0.166 e. The summed E-state index contributed by atoms with van der Waals surface area (Å²) >= 11 is 3.56. The molecule has 6 heteroatoms. The zero-order chi connectivity index (χ0) is 15.1. The third kappa shape index (κ3) is 4.22. The first-order valence-electron chi connectivity index (χ1n) is 6.82. The zero-order valence-electron chi connectivity index (χ0n) is 12.3. The molecule has 0 fully saturated rings. The molecule has 0 saturated heterocycles. The molecule has 1 aromatic heterocycles. The van der Waals surface area contributed by atoms with Crippen molar-refractivity contribution in [3.8, 4) is 11.5 Å². The minimum Gasteiger partial charge on any atom is -0.493 e. The van der Waals surface area contributed by atoms with E-state index in [1.54, 1.807) is 20.4 Å². The number of aryl methyl sites for hydroxylation is 1. The molecule has 0 unspecified atom stereocenters. The molecule has 0 aliphatic heterocycles. The fourth-order valence-electron chi connectivity index (χ4n) is 2.15. The lowest BCUT2D eigenvalue weighted by atomic mass is 10.2. The van der Waals surface area contributed by atoms with Gasteiger partial charge >= 0.3 is 0 Å². The lowest BCUT2D eigenvalue weighted by Gasteiger charge is -2.15. The van der Waals surface area contributed by atoms with E-state index in [1.165, 1.54) is 0 Å². The highest BCUT2D eigenvalue weighted by molar-refractivity contribution is 9.10. The van der Waals surface area contributed by atoms with Gasteiger partial charge in [0.05, 0.1) is 20.5 Å². The highest BCUT2D eigenvalue weighted by Gasteiger charge is 2.12. The lowest BCUT2D eigenvalue weighted by Crippen LogP contribution is -2.17. The van der Waals surface area contributed by atoms with Gasteiger partial charge in [0.2, 0.25) is 0 Å². The Hall–Kier alpha value is -1.53. The molecule has 0 aliphatic carbocycles. The number of ether oxygens (including phenoxy) is 2. The monoisotopic (exact) mass is 353 g/mol. The maximum absolute atomic E-state index is 5.46. The molecule has 21 heavy (non-hydrogen) atoms. The number of halogens is 1. The summed E-state index contributed by atoms with van der Waals surface area (Å²) in [6.07, 6.45) is 6.65. The molecule has 1 heterocycles. The summed E-state index contributed by atoms with van der Waals surface area (Å²) in [6.45, 7) is 2.61. The van der Waals surface area contributed by atoms with Gasteiger partial charge in [0.15, 0.2) is 11.5 Å². The highest BCUT2D eigenvalue weighted by atomic mass is 79.9. The van der Waals surface area contributed by atoms with Crippen LogP contribution in [0, 0.1) is 0 Å². The minimum atomic E-state index is 0.727. The molecule has 0 amide bonds. The second-order valence-corrected chi connectivity index (χ2v) is 5.45. The van der Waals surface area contributed by atoms with Crippen LogP contribution in [0.5, 0.6) is 11.5 Å². The third-order valence-corrected chi connectivity index (χ3v) is 3.97. The van der Waals surface area contributed by atoms with Crippen molar-refractivity contribution in [1.82, 2.24) is 14.9 Å². The normalized spacial score (nSPS) is 10.6. The van der Waals surface area contributed by atoms with Crippen LogP contribution in [0.2, 0.25) is 0 Å². The Kier molecular flexibility index (Phi) is 6.07. The van der Waals surface area contributed by atoms with E-state index in [2.05, 4.69) is 30.8 Å². The number of benzene rings is 1. The summed E-state index contributed by atoms with van der Waals surface area (Å²) in [5, 5.41) is 3.43. The fourth-order valence-corrected chi connectivity index (χ4v) is 2.60. The van der Waals surface area contributed by atoms with Crippen molar-refractivity contribution in [2.24, 2.45) is 0 Å². The van der Waals surface area contributed by atoms with Crippen LogP contribution >= 0.6 is 15.9 Å². The lowest BCUT2D eigenvalue weighted by molar-refractivity contribution is 0.350. The van der Waals surface area contributed by atoms with E-state index in [1.807, 2.05) is 24.7 Å². The van der Waals surface area contributed by atoms with Crippen LogP contribution in [0.1, 0.15) is 12.0 Å². The predicted octanol–water partition coefficient (Wildman–Crippen LogP) is 2.84. The van der Waals surface area contributed by atoms with Crippen LogP contribution in [0.3, 0.4) is 0 Å². The third-order valence-electron chi connectivity index (χ3n) is 3.22. The molecule has 0 bridgehead atoms. The van der Waals surface area contributed by atoms with Crippen LogP contribution in [-0.2, 0) is 13.1 Å². The van der Waals surface area contributed by atoms with Gasteiger partial charge in [0, 0.05) is 35.5 Å². The standard InChI is InChI=1S/C15H20BrN3O2/c1-20-14-5-4-13(16)12(15(14)21-2)10-17-6-3-8-19-9-7-18-11-19/h4-5,7,9,11,17H,3,6,8,10H2,1-2H3. The maximum Gasteiger partial charge on any atom is 0.166 e. The number of hydrogen-bond donors (Lipinski definition) is 1. The molecule has 0 spiro atoms. The second kappa shape index (κ2) is 8.05. The molecule has 2 rings (SSSR count). The van der Waals surface area contributed by atoms with Gasteiger partial charge in [-0.1, -0.05) is 15.9 Å². The van der Waals surface area contributed by atoms with E-state index in [-0.39, 0.29) is 0 Å². The first-order chi connectivity index (χ1) is 10.3. The molecule has 0 radical (unpaired) electrons. The first kappa shape index (κ1) is 15.9. The van der Waals surface area contributed by atoms with Crippen LogP contribution in [-0.4, -0.2) is 30.3 Å². The Morgan fingerprint density at radius 2 is 2.14 bits per heavy atom. The van der Waals surface area contributed by atoms with Gasteiger partial charge in [-0.3, -0.25) is 0 Å². The molecule has 2 aromatic rings. The van der Waals surface area contributed by atoms with Crippen molar-refractivity contribution < 1.29 is 9.47 Å². The van der Waals surface area contributed by atoms with Crippen molar-refractivity contribution in [1.29, 1.82) is 0 Å². The quantitative estimate of drug-likeness (QED) is 0.741. The van der Waals surface area contributed by atoms with Crippen LogP contribution in [0.4, 0.5) is 0 Å². The first-order valence-corrected chi connectivity index (χ1v) is 7.61. The van der Waals surface area contributed by atoms with E-state index >= 15 is 0 Å².